The summed E-state index contributed by atoms with van der Waals surface area (Å²) in [5, 5.41) is 5.28. The third-order valence-electron chi connectivity index (χ3n) is 2.78. The Bertz CT molecular complexity index is 656. The average molecular weight is 240 g/mol. The molecule has 0 saturated heterocycles. The molecule has 1 aromatic heterocycles. The summed E-state index contributed by atoms with van der Waals surface area (Å²) in [5.74, 6) is 8.16. The average Bonchev–Trinajstić information content (AvgIpc) is 2.84. The summed E-state index contributed by atoms with van der Waals surface area (Å²) < 4.78 is 10.7. The Morgan fingerprint density at radius 1 is 1.33 bits per heavy atom. The van der Waals surface area contributed by atoms with E-state index in [-0.39, 0.29) is 6.79 Å². The van der Waals surface area contributed by atoms with Crippen molar-refractivity contribution in [3.8, 4) is 23.3 Å². The van der Waals surface area contributed by atoms with Gasteiger partial charge in [0.1, 0.15) is 5.82 Å². The molecule has 3 rings (SSSR count). The number of ether oxygens (including phenoxy) is 2. The Kier molecular flexibility index (Phi) is 2.66. The summed E-state index contributed by atoms with van der Waals surface area (Å²) in [6.07, 6.45) is 1.77. The number of anilines is 1. The molecule has 0 atom stereocenters. The van der Waals surface area contributed by atoms with Crippen molar-refractivity contribution in [1.82, 2.24) is 4.98 Å². The smallest absolute Gasteiger partial charge is 0.231 e. The zero-order valence-corrected chi connectivity index (χ0v) is 9.99. The predicted octanol–water partition coefficient (Wildman–Crippen LogP) is 2.40. The molecule has 90 valence electrons. The molecule has 1 aliphatic rings. The number of benzene rings is 1. The standard InChI is InChI=1S/C14H12N2O2/c1-2-3-5-15-14-11-8-13-12(17-9-18-13)7-10(11)4-6-16-14/h4,6-8H,5,9H2,1H3,(H,15,16). The fourth-order valence-electron chi connectivity index (χ4n) is 1.92. The fraction of sp³-hybridized carbons (Fsp3) is 0.214. The predicted molar refractivity (Wildman–Crippen MR) is 69.8 cm³/mol. The van der Waals surface area contributed by atoms with Crippen molar-refractivity contribution in [2.24, 2.45) is 0 Å². The van der Waals surface area contributed by atoms with Crippen LogP contribution in [0, 0.1) is 11.8 Å². The summed E-state index contributed by atoms with van der Waals surface area (Å²) in [6.45, 7) is 2.68. The molecule has 0 aliphatic carbocycles. The van der Waals surface area contributed by atoms with Crippen LogP contribution < -0.4 is 14.8 Å². The van der Waals surface area contributed by atoms with Crippen LogP contribution in [0.4, 0.5) is 5.82 Å². The van der Waals surface area contributed by atoms with Crippen LogP contribution in [0.25, 0.3) is 10.8 Å². The quantitative estimate of drug-likeness (QED) is 0.818. The van der Waals surface area contributed by atoms with E-state index in [4.69, 9.17) is 9.47 Å². The van der Waals surface area contributed by atoms with E-state index >= 15 is 0 Å². The van der Waals surface area contributed by atoms with Crippen LogP contribution in [0.3, 0.4) is 0 Å². The second-order valence-electron chi connectivity index (χ2n) is 3.87. The van der Waals surface area contributed by atoms with Crippen molar-refractivity contribution in [2.45, 2.75) is 6.92 Å². The zero-order valence-electron chi connectivity index (χ0n) is 9.99. The minimum absolute atomic E-state index is 0.281. The highest BCUT2D eigenvalue weighted by Crippen LogP contribution is 2.37. The minimum Gasteiger partial charge on any atom is -0.454 e. The van der Waals surface area contributed by atoms with Gasteiger partial charge in [0.25, 0.3) is 0 Å². The summed E-state index contributed by atoms with van der Waals surface area (Å²) >= 11 is 0. The number of aromatic nitrogens is 1. The molecule has 0 radical (unpaired) electrons. The van der Waals surface area contributed by atoms with Gasteiger partial charge in [-0.2, -0.15) is 0 Å². The maximum Gasteiger partial charge on any atom is 0.231 e. The van der Waals surface area contributed by atoms with Gasteiger partial charge < -0.3 is 14.8 Å². The van der Waals surface area contributed by atoms with Crippen LogP contribution in [0.1, 0.15) is 6.92 Å². The molecule has 18 heavy (non-hydrogen) atoms. The van der Waals surface area contributed by atoms with Gasteiger partial charge in [0.2, 0.25) is 6.79 Å². The van der Waals surface area contributed by atoms with Gasteiger partial charge in [0.05, 0.1) is 6.54 Å². The highest BCUT2D eigenvalue weighted by atomic mass is 16.7. The Balaban J connectivity index is 2.05. The van der Waals surface area contributed by atoms with Gasteiger partial charge in [-0.3, -0.25) is 0 Å². The van der Waals surface area contributed by atoms with Crippen molar-refractivity contribution < 1.29 is 9.47 Å². The Morgan fingerprint density at radius 3 is 3.00 bits per heavy atom. The second kappa shape index (κ2) is 4.46. The van der Waals surface area contributed by atoms with E-state index in [1.165, 1.54) is 0 Å². The second-order valence-corrected chi connectivity index (χ2v) is 3.87. The first kappa shape index (κ1) is 10.7. The van der Waals surface area contributed by atoms with Crippen LogP contribution in [-0.4, -0.2) is 18.3 Å². The Labute approximate surface area is 105 Å². The maximum atomic E-state index is 5.38. The first-order valence-corrected chi connectivity index (χ1v) is 5.70. The van der Waals surface area contributed by atoms with Gasteiger partial charge in [-0.25, -0.2) is 4.98 Å². The van der Waals surface area contributed by atoms with Crippen LogP contribution in [0.15, 0.2) is 24.4 Å². The van der Waals surface area contributed by atoms with Crippen LogP contribution in [0.2, 0.25) is 0 Å². The number of nitrogens with zero attached hydrogens (tertiary/aromatic N) is 1. The van der Waals surface area contributed by atoms with E-state index < -0.39 is 0 Å². The van der Waals surface area contributed by atoms with Gasteiger partial charge in [-0.15, -0.1) is 5.92 Å². The van der Waals surface area contributed by atoms with E-state index in [0.29, 0.717) is 6.54 Å². The molecule has 1 aromatic carbocycles. The van der Waals surface area contributed by atoms with Gasteiger partial charge in [0, 0.05) is 11.6 Å². The first-order valence-electron chi connectivity index (χ1n) is 5.70. The highest BCUT2D eigenvalue weighted by molar-refractivity contribution is 5.94. The lowest BCUT2D eigenvalue weighted by molar-refractivity contribution is 0.174. The molecule has 2 heterocycles. The van der Waals surface area contributed by atoms with Crippen LogP contribution >= 0.6 is 0 Å². The molecule has 1 N–H and O–H groups in total. The maximum absolute atomic E-state index is 5.38. The monoisotopic (exact) mass is 240 g/mol. The van der Waals surface area contributed by atoms with Crippen LogP contribution in [0.5, 0.6) is 11.5 Å². The van der Waals surface area contributed by atoms with Crippen molar-refractivity contribution in [1.29, 1.82) is 0 Å². The number of hydrogen-bond donors (Lipinski definition) is 1. The van der Waals surface area contributed by atoms with Gasteiger partial charge in [-0.1, -0.05) is 5.92 Å². The number of rotatable bonds is 2. The van der Waals surface area contributed by atoms with Crippen molar-refractivity contribution in [3.63, 3.8) is 0 Å². The Morgan fingerprint density at radius 2 is 2.17 bits per heavy atom. The third-order valence-corrected chi connectivity index (χ3v) is 2.78. The molecule has 0 saturated carbocycles. The van der Waals surface area contributed by atoms with E-state index in [1.54, 1.807) is 6.20 Å². The molecule has 2 aromatic rings. The van der Waals surface area contributed by atoms with Gasteiger partial charge >= 0.3 is 0 Å². The normalized spacial score (nSPS) is 12.1. The topological polar surface area (TPSA) is 43.4 Å². The highest BCUT2D eigenvalue weighted by Gasteiger charge is 2.15. The lowest BCUT2D eigenvalue weighted by Crippen LogP contribution is -2.01. The first-order chi connectivity index (χ1) is 8.88. The van der Waals surface area contributed by atoms with E-state index in [2.05, 4.69) is 22.1 Å². The molecule has 4 nitrogen and oxygen atoms in total. The molecule has 1 aliphatic heterocycles. The van der Waals surface area contributed by atoms with Gasteiger partial charge in [0.15, 0.2) is 11.5 Å². The third kappa shape index (κ3) is 1.80. The molecular weight excluding hydrogens is 228 g/mol. The summed E-state index contributed by atoms with van der Waals surface area (Å²) in [4.78, 5) is 4.33. The van der Waals surface area contributed by atoms with E-state index in [9.17, 15) is 0 Å². The lowest BCUT2D eigenvalue weighted by atomic mass is 10.1. The van der Waals surface area contributed by atoms with Crippen LogP contribution in [-0.2, 0) is 0 Å². The molecular formula is C14H12N2O2. The number of hydrogen-bond acceptors (Lipinski definition) is 4. The number of nitrogens with one attached hydrogen (secondary N) is 1. The van der Waals surface area contributed by atoms with E-state index in [0.717, 1.165) is 28.1 Å². The minimum atomic E-state index is 0.281. The van der Waals surface area contributed by atoms with E-state index in [1.807, 2.05) is 25.1 Å². The fourth-order valence-corrected chi connectivity index (χ4v) is 1.92. The van der Waals surface area contributed by atoms with Crippen molar-refractivity contribution in [2.75, 3.05) is 18.7 Å². The SMILES string of the molecule is CC#CCNc1nccc2cc3c(cc12)OCO3. The van der Waals surface area contributed by atoms with Crippen molar-refractivity contribution >= 4 is 16.6 Å². The molecule has 0 unspecified atom stereocenters. The number of fused-ring (bicyclic) bond motifs is 2. The molecule has 0 amide bonds. The number of pyridine rings is 1. The van der Waals surface area contributed by atoms with Gasteiger partial charge in [-0.05, 0) is 30.5 Å². The molecule has 0 spiro atoms. The molecule has 0 fully saturated rings. The van der Waals surface area contributed by atoms with Crippen molar-refractivity contribution in [3.05, 3.63) is 24.4 Å². The lowest BCUT2D eigenvalue weighted by Gasteiger charge is -2.07. The summed E-state index contributed by atoms with van der Waals surface area (Å²) in [6, 6.07) is 5.87. The summed E-state index contributed by atoms with van der Waals surface area (Å²) in [7, 11) is 0. The Hall–Kier alpha value is -2.41. The largest absolute Gasteiger partial charge is 0.454 e. The summed E-state index contributed by atoms with van der Waals surface area (Å²) in [5.41, 5.74) is 0. The zero-order chi connectivity index (χ0) is 12.4. The molecule has 0 bridgehead atoms. The molecule has 4 heteroatoms.